The molecule has 1 amide bonds. The van der Waals surface area contributed by atoms with Gasteiger partial charge in [-0.2, -0.15) is 0 Å². The lowest BCUT2D eigenvalue weighted by Crippen LogP contribution is -2.19. The molecule has 0 radical (unpaired) electrons. The van der Waals surface area contributed by atoms with Crippen LogP contribution in [0.2, 0.25) is 0 Å². The first kappa shape index (κ1) is 15.6. The first-order valence-corrected chi connectivity index (χ1v) is 6.16. The number of hydrogen-bond acceptors (Lipinski definition) is 2. The molecule has 0 heterocycles. The second-order valence-electron chi connectivity index (χ2n) is 3.74. The largest absolute Gasteiger partial charge is 0.573 e. The molecule has 0 spiro atoms. The smallest absolute Gasteiger partial charge is 0.404 e. The Balaban J connectivity index is 2.64. The highest BCUT2D eigenvalue weighted by molar-refractivity contribution is 6.17. The van der Waals surface area contributed by atoms with Crippen LogP contribution in [0, 0.1) is 0 Å². The van der Waals surface area contributed by atoms with Crippen LogP contribution in [0.1, 0.15) is 19.3 Å². The maximum atomic E-state index is 12.2. The number of benzene rings is 1. The van der Waals surface area contributed by atoms with Crippen LogP contribution in [-0.2, 0) is 4.79 Å². The van der Waals surface area contributed by atoms with Gasteiger partial charge in [0.1, 0.15) is 0 Å². The average molecular weight is 296 g/mol. The van der Waals surface area contributed by atoms with E-state index >= 15 is 0 Å². The Hall–Kier alpha value is -1.43. The van der Waals surface area contributed by atoms with Crippen LogP contribution in [0.5, 0.6) is 5.75 Å². The van der Waals surface area contributed by atoms with Gasteiger partial charge in [0.15, 0.2) is 5.75 Å². The van der Waals surface area contributed by atoms with Crippen molar-refractivity contribution in [3.63, 3.8) is 0 Å². The summed E-state index contributed by atoms with van der Waals surface area (Å²) in [5.41, 5.74) is -0.00398. The second-order valence-corrected chi connectivity index (χ2v) is 4.12. The Kier molecular flexibility index (Phi) is 5.95. The van der Waals surface area contributed by atoms with E-state index in [1.807, 2.05) is 0 Å². The summed E-state index contributed by atoms with van der Waals surface area (Å²) in [6, 6.07) is 5.39. The van der Waals surface area contributed by atoms with Gasteiger partial charge in [-0.05, 0) is 25.0 Å². The average Bonchev–Trinajstić information content (AvgIpc) is 2.30. The highest BCUT2D eigenvalue weighted by Gasteiger charge is 2.32. The standard InChI is InChI=1S/C12H13ClF3NO2/c13-8-4-3-7-11(18)17-9-5-1-2-6-10(9)19-12(14,15)16/h1-2,5-6H,3-4,7-8H2,(H,17,18). The molecule has 0 unspecified atom stereocenters. The Labute approximate surface area is 113 Å². The third-order valence-corrected chi connectivity index (χ3v) is 2.44. The SMILES string of the molecule is O=C(CCCCCl)Nc1ccccc1OC(F)(F)F. The number of unbranched alkanes of at least 4 members (excludes halogenated alkanes) is 1. The number of carbonyl (C=O) groups excluding carboxylic acids is 1. The van der Waals surface area contributed by atoms with Crippen molar-refractivity contribution in [2.45, 2.75) is 25.6 Å². The fraction of sp³-hybridized carbons (Fsp3) is 0.417. The predicted molar refractivity (Wildman–Crippen MR) is 66.3 cm³/mol. The van der Waals surface area contributed by atoms with E-state index in [2.05, 4.69) is 10.1 Å². The fourth-order valence-corrected chi connectivity index (χ4v) is 1.57. The Bertz CT molecular complexity index is 424. The molecule has 0 bridgehead atoms. The summed E-state index contributed by atoms with van der Waals surface area (Å²) in [7, 11) is 0. The molecule has 7 heteroatoms. The number of alkyl halides is 4. The molecular weight excluding hydrogens is 283 g/mol. The fourth-order valence-electron chi connectivity index (χ4n) is 1.38. The number of ether oxygens (including phenoxy) is 1. The van der Waals surface area contributed by atoms with E-state index in [1.54, 1.807) is 0 Å². The van der Waals surface area contributed by atoms with E-state index in [0.29, 0.717) is 18.7 Å². The predicted octanol–water partition coefficient (Wildman–Crippen LogP) is 3.93. The molecule has 1 aromatic rings. The molecule has 0 fully saturated rings. The van der Waals surface area contributed by atoms with E-state index in [9.17, 15) is 18.0 Å². The molecule has 0 saturated carbocycles. The summed E-state index contributed by atoms with van der Waals surface area (Å²) in [6.07, 6.45) is -3.33. The molecule has 0 atom stereocenters. The van der Waals surface area contributed by atoms with Gasteiger partial charge in [-0.1, -0.05) is 12.1 Å². The number of halogens is 4. The number of rotatable bonds is 6. The maximum absolute atomic E-state index is 12.2. The van der Waals surface area contributed by atoms with Crippen LogP contribution in [0.15, 0.2) is 24.3 Å². The molecule has 0 aliphatic rings. The molecule has 19 heavy (non-hydrogen) atoms. The molecule has 0 aliphatic heterocycles. The molecule has 1 rings (SSSR count). The summed E-state index contributed by atoms with van der Waals surface area (Å²) in [4.78, 5) is 11.5. The van der Waals surface area contributed by atoms with Crippen molar-refractivity contribution in [2.75, 3.05) is 11.2 Å². The number of amides is 1. The molecule has 1 N–H and O–H groups in total. The third kappa shape index (κ3) is 6.33. The quantitative estimate of drug-likeness (QED) is 0.638. The molecule has 0 saturated heterocycles. The zero-order valence-electron chi connectivity index (χ0n) is 9.97. The van der Waals surface area contributed by atoms with Crippen molar-refractivity contribution >= 4 is 23.2 Å². The minimum Gasteiger partial charge on any atom is -0.404 e. The molecule has 1 aromatic carbocycles. The molecular formula is C12H13ClF3NO2. The van der Waals surface area contributed by atoms with Gasteiger partial charge in [-0.25, -0.2) is 0 Å². The number of anilines is 1. The topological polar surface area (TPSA) is 38.3 Å². The lowest BCUT2D eigenvalue weighted by Gasteiger charge is -2.13. The molecule has 0 aromatic heterocycles. The minimum atomic E-state index is -4.79. The summed E-state index contributed by atoms with van der Waals surface area (Å²) in [5, 5.41) is 2.38. The van der Waals surface area contributed by atoms with Crippen molar-refractivity contribution in [1.82, 2.24) is 0 Å². The summed E-state index contributed by atoms with van der Waals surface area (Å²) in [6.45, 7) is 0. The van der Waals surface area contributed by atoms with Gasteiger partial charge in [0, 0.05) is 12.3 Å². The number of nitrogens with one attached hydrogen (secondary N) is 1. The van der Waals surface area contributed by atoms with Crippen molar-refractivity contribution in [1.29, 1.82) is 0 Å². The van der Waals surface area contributed by atoms with Gasteiger partial charge in [-0.3, -0.25) is 4.79 Å². The van der Waals surface area contributed by atoms with Gasteiger partial charge in [0.2, 0.25) is 5.91 Å². The van der Waals surface area contributed by atoms with Crippen molar-refractivity contribution in [3.8, 4) is 5.75 Å². The Morgan fingerprint density at radius 1 is 1.26 bits per heavy atom. The Morgan fingerprint density at radius 2 is 1.95 bits per heavy atom. The van der Waals surface area contributed by atoms with Crippen LogP contribution in [0.25, 0.3) is 0 Å². The summed E-state index contributed by atoms with van der Waals surface area (Å²) < 4.78 is 40.3. The van der Waals surface area contributed by atoms with Crippen LogP contribution >= 0.6 is 11.6 Å². The highest BCUT2D eigenvalue weighted by Crippen LogP contribution is 2.29. The van der Waals surface area contributed by atoms with Gasteiger partial charge in [0.25, 0.3) is 0 Å². The Morgan fingerprint density at radius 3 is 2.58 bits per heavy atom. The lowest BCUT2D eigenvalue weighted by atomic mass is 10.2. The highest BCUT2D eigenvalue weighted by atomic mass is 35.5. The first-order chi connectivity index (χ1) is 8.92. The van der Waals surface area contributed by atoms with Gasteiger partial charge >= 0.3 is 6.36 Å². The summed E-state index contributed by atoms with van der Waals surface area (Å²) in [5.74, 6) is -0.356. The maximum Gasteiger partial charge on any atom is 0.573 e. The number of carbonyl (C=O) groups is 1. The van der Waals surface area contributed by atoms with Gasteiger partial charge in [-0.15, -0.1) is 24.8 Å². The van der Waals surface area contributed by atoms with Crippen molar-refractivity contribution in [3.05, 3.63) is 24.3 Å². The minimum absolute atomic E-state index is 0.00398. The van der Waals surface area contributed by atoms with Crippen molar-refractivity contribution in [2.24, 2.45) is 0 Å². The molecule has 0 aliphatic carbocycles. The van der Waals surface area contributed by atoms with E-state index in [4.69, 9.17) is 11.6 Å². The van der Waals surface area contributed by atoms with Crippen LogP contribution < -0.4 is 10.1 Å². The third-order valence-electron chi connectivity index (χ3n) is 2.17. The second kappa shape index (κ2) is 7.23. The van der Waals surface area contributed by atoms with E-state index in [-0.39, 0.29) is 18.0 Å². The monoisotopic (exact) mass is 295 g/mol. The zero-order valence-corrected chi connectivity index (χ0v) is 10.7. The molecule has 3 nitrogen and oxygen atoms in total. The van der Waals surface area contributed by atoms with E-state index in [0.717, 1.165) is 6.07 Å². The van der Waals surface area contributed by atoms with E-state index < -0.39 is 12.1 Å². The molecule has 106 valence electrons. The van der Waals surface area contributed by atoms with Gasteiger partial charge in [0.05, 0.1) is 5.69 Å². The van der Waals surface area contributed by atoms with Crippen LogP contribution in [0.3, 0.4) is 0 Å². The number of hydrogen-bond donors (Lipinski definition) is 1. The van der Waals surface area contributed by atoms with Crippen LogP contribution in [0.4, 0.5) is 18.9 Å². The lowest BCUT2D eigenvalue weighted by molar-refractivity contribution is -0.274. The normalized spacial score (nSPS) is 11.2. The van der Waals surface area contributed by atoms with E-state index in [1.165, 1.54) is 18.2 Å². The summed E-state index contributed by atoms with van der Waals surface area (Å²) >= 11 is 5.47. The van der Waals surface area contributed by atoms with Crippen molar-refractivity contribution < 1.29 is 22.7 Å². The first-order valence-electron chi connectivity index (χ1n) is 5.63. The zero-order chi connectivity index (χ0) is 14.3. The van der Waals surface area contributed by atoms with Gasteiger partial charge < -0.3 is 10.1 Å². The van der Waals surface area contributed by atoms with Crippen LogP contribution in [-0.4, -0.2) is 18.1 Å². The number of para-hydroxylation sites is 2.